The number of piperidine rings is 1. The average molecular weight is 291 g/mol. The Morgan fingerprint density at radius 3 is 2.67 bits per heavy atom. The minimum Gasteiger partial charge on any atom is -0.508 e. The predicted molar refractivity (Wildman–Crippen MR) is 82.2 cm³/mol. The number of rotatable bonds is 1. The van der Waals surface area contributed by atoms with Gasteiger partial charge in [0, 0.05) is 6.54 Å². The Morgan fingerprint density at radius 2 is 2.05 bits per heavy atom. The van der Waals surface area contributed by atoms with Crippen molar-refractivity contribution in [2.75, 3.05) is 6.54 Å². The molecule has 2 rings (SSSR count). The van der Waals surface area contributed by atoms with Crippen molar-refractivity contribution in [3.63, 3.8) is 0 Å². The van der Waals surface area contributed by atoms with Gasteiger partial charge in [-0.1, -0.05) is 19.1 Å². The number of likely N-dealkylation sites (tertiary alicyclic amines) is 1. The summed E-state index contributed by atoms with van der Waals surface area (Å²) in [6, 6.07) is 7.13. The van der Waals surface area contributed by atoms with Crippen LogP contribution in [0.15, 0.2) is 24.3 Å². The van der Waals surface area contributed by atoms with E-state index in [1.807, 2.05) is 32.9 Å². The molecule has 116 valence electrons. The Bertz CT molecular complexity index is 507. The molecule has 21 heavy (non-hydrogen) atoms. The van der Waals surface area contributed by atoms with Gasteiger partial charge in [0.1, 0.15) is 11.4 Å². The summed E-state index contributed by atoms with van der Waals surface area (Å²) in [6.45, 7) is 8.47. The SMILES string of the molecule is C[C@H]1CC[C@H](c2cccc(O)c2)N(C(=O)OC(C)(C)C)C1. The number of hydrogen-bond donors (Lipinski definition) is 1. The number of phenolic OH excluding ortho intramolecular Hbond substituents is 1. The summed E-state index contributed by atoms with van der Waals surface area (Å²) in [6.07, 6.45) is 1.69. The molecule has 1 amide bonds. The molecule has 1 aromatic rings. The average Bonchev–Trinajstić information content (AvgIpc) is 2.36. The molecule has 0 spiro atoms. The first-order valence-electron chi connectivity index (χ1n) is 7.55. The van der Waals surface area contributed by atoms with E-state index in [0.717, 1.165) is 18.4 Å². The number of benzene rings is 1. The van der Waals surface area contributed by atoms with E-state index in [4.69, 9.17) is 4.74 Å². The van der Waals surface area contributed by atoms with Crippen molar-refractivity contribution in [2.24, 2.45) is 5.92 Å². The lowest BCUT2D eigenvalue weighted by Gasteiger charge is -2.39. The van der Waals surface area contributed by atoms with E-state index in [2.05, 4.69) is 6.92 Å². The molecule has 4 nitrogen and oxygen atoms in total. The fourth-order valence-electron chi connectivity index (χ4n) is 2.75. The van der Waals surface area contributed by atoms with Gasteiger partial charge in [0.05, 0.1) is 6.04 Å². The smallest absolute Gasteiger partial charge is 0.410 e. The van der Waals surface area contributed by atoms with E-state index in [0.29, 0.717) is 12.5 Å². The van der Waals surface area contributed by atoms with Crippen LogP contribution in [0, 0.1) is 5.92 Å². The highest BCUT2D eigenvalue weighted by Gasteiger charge is 2.33. The van der Waals surface area contributed by atoms with Crippen LogP contribution in [0.5, 0.6) is 5.75 Å². The van der Waals surface area contributed by atoms with Gasteiger partial charge in [-0.15, -0.1) is 0 Å². The van der Waals surface area contributed by atoms with E-state index >= 15 is 0 Å². The Morgan fingerprint density at radius 1 is 1.33 bits per heavy atom. The Kier molecular flexibility index (Phi) is 4.45. The number of carbonyl (C=O) groups excluding carboxylic acids is 1. The molecule has 1 fully saturated rings. The first-order chi connectivity index (χ1) is 9.76. The second-order valence-electron chi connectivity index (χ2n) is 6.93. The van der Waals surface area contributed by atoms with Crippen LogP contribution in [0.3, 0.4) is 0 Å². The Hall–Kier alpha value is -1.71. The summed E-state index contributed by atoms with van der Waals surface area (Å²) in [5.41, 5.74) is 0.467. The van der Waals surface area contributed by atoms with E-state index in [1.165, 1.54) is 0 Å². The predicted octanol–water partition coefficient (Wildman–Crippen LogP) is 4.10. The number of hydrogen-bond acceptors (Lipinski definition) is 3. The number of nitrogens with zero attached hydrogens (tertiary/aromatic N) is 1. The minimum atomic E-state index is -0.499. The van der Waals surface area contributed by atoms with Gasteiger partial charge in [0.15, 0.2) is 0 Å². The van der Waals surface area contributed by atoms with Crippen molar-refractivity contribution in [3.05, 3.63) is 29.8 Å². The van der Waals surface area contributed by atoms with Crippen molar-refractivity contribution in [1.29, 1.82) is 0 Å². The van der Waals surface area contributed by atoms with Gasteiger partial charge < -0.3 is 14.7 Å². The highest BCUT2D eigenvalue weighted by molar-refractivity contribution is 5.69. The number of carbonyl (C=O) groups is 1. The summed E-state index contributed by atoms with van der Waals surface area (Å²) >= 11 is 0. The Labute approximate surface area is 126 Å². The highest BCUT2D eigenvalue weighted by atomic mass is 16.6. The minimum absolute atomic E-state index is 0.0249. The van der Waals surface area contributed by atoms with Crippen LogP contribution in [-0.2, 0) is 4.74 Å². The van der Waals surface area contributed by atoms with Crippen molar-refractivity contribution < 1.29 is 14.6 Å². The lowest BCUT2D eigenvalue weighted by atomic mass is 9.90. The zero-order chi connectivity index (χ0) is 15.6. The van der Waals surface area contributed by atoms with Crippen LogP contribution in [0.4, 0.5) is 4.79 Å². The number of aromatic hydroxyl groups is 1. The standard InChI is InChI=1S/C17H25NO3/c1-12-8-9-15(13-6-5-7-14(19)10-13)18(11-12)16(20)21-17(2,3)4/h5-7,10,12,15,19H,8-9,11H2,1-4H3/t12-,15+/m0/s1. The molecular weight excluding hydrogens is 266 g/mol. The molecule has 0 aromatic heterocycles. The van der Waals surface area contributed by atoms with Crippen LogP contribution < -0.4 is 0 Å². The Balaban J connectivity index is 2.23. The zero-order valence-corrected chi connectivity index (χ0v) is 13.3. The van der Waals surface area contributed by atoms with Crippen molar-refractivity contribution in [3.8, 4) is 5.75 Å². The molecule has 0 radical (unpaired) electrons. The summed E-state index contributed by atoms with van der Waals surface area (Å²) in [5.74, 6) is 0.696. The highest BCUT2D eigenvalue weighted by Crippen LogP contribution is 2.35. The molecule has 0 aliphatic carbocycles. The summed E-state index contributed by atoms with van der Waals surface area (Å²) < 4.78 is 5.53. The molecular formula is C17H25NO3. The summed E-state index contributed by atoms with van der Waals surface area (Å²) in [7, 11) is 0. The molecule has 1 aromatic carbocycles. The van der Waals surface area contributed by atoms with Crippen LogP contribution in [0.25, 0.3) is 0 Å². The monoisotopic (exact) mass is 291 g/mol. The molecule has 0 unspecified atom stereocenters. The maximum Gasteiger partial charge on any atom is 0.410 e. The van der Waals surface area contributed by atoms with Crippen molar-refractivity contribution >= 4 is 6.09 Å². The van der Waals surface area contributed by atoms with E-state index < -0.39 is 5.60 Å². The number of ether oxygens (including phenoxy) is 1. The van der Waals surface area contributed by atoms with Gasteiger partial charge in [-0.05, 0) is 57.2 Å². The molecule has 1 N–H and O–H groups in total. The molecule has 1 aliphatic heterocycles. The van der Waals surface area contributed by atoms with E-state index in [-0.39, 0.29) is 17.9 Å². The third kappa shape index (κ3) is 4.13. The third-order valence-corrected chi connectivity index (χ3v) is 3.70. The summed E-state index contributed by atoms with van der Waals surface area (Å²) in [5, 5.41) is 9.67. The second kappa shape index (κ2) is 5.96. The van der Waals surface area contributed by atoms with Crippen LogP contribution in [-0.4, -0.2) is 28.2 Å². The maximum absolute atomic E-state index is 12.5. The van der Waals surface area contributed by atoms with Gasteiger partial charge in [-0.25, -0.2) is 4.79 Å². The molecule has 1 heterocycles. The maximum atomic E-state index is 12.5. The largest absolute Gasteiger partial charge is 0.508 e. The topological polar surface area (TPSA) is 49.8 Å². The third-order valence-electron chi connectivity index (χ3n) is 3.70. The summed E-state index contributed by atoms with van der Waals surface area (Å²) in [4.78, 5) is 14.3. The molecule has 0 bridgehead atoms. The fourth-order valence-corrected chi connectivity index (χ4v) is 2.75. The van der Waals surface area contributed by atoms with Crippen LogP contribution in [0.1, 0.15) is 52.1 Å². The normalized spacial score (nSPS) is 23.0. The van der Waals surface area contributed by atoms with Crippen molar-refractivity contribution in [1.82, 2.24) is 4.90 Å². The molecule has 4 heteroatoms. The molecule has 0 saturated carbocycles. The van der Waals surface area contributed by atoms with Gasteiger partial charge in [0.25, 0.3) is 0 Å². The van der Waals surface area contributed by atoms with Gasteiger partial charge in [0.2, 0.25) is 0 Å². The van der Waals surface area contributed by atoms with Crippen LogP contribution in [0.2, 0.25) is 0 Å². The van der Waals surface area contributed by atoms with E-state index in [1.54, 1.807) is 17.0 Å². The first-order valence-corrected chi connectivity index (χ1v) is 7.55. The van der Waals surface area contributed by atoms with Crippen LogP contribution >= 0.6 is 0 Å². The van der Waals surface area contributed by atoms with E-state index in [9.17, 15) is 9.90 Å². The number of amides is 1. The fraction of sp³-hybridized carbons (Fsp3) is 0.588. The zero-order valence-electron chi connectivity index (χ0n) is 13.3. The van der Waals surface area contributed by atoms with Crippen molar-refractivity contribution in [2.45, 2.75) is 52.2 Å². The first kappa shape index (κ1) is 15.7. The molecule has 1 aliphatic rings. The van der Waals surface area contributed by atoms with Gasteiger partial charge in [-0.2, -0.15) is 0 Å². The second-order valence-corrected chi connectivity index (χ2v) is 6.93. The molecule has 1 saturated heterocycles. The quantitative estimate of drug-likeness (QED) is 0.847. The van der Waals surface area contributed by atoms with Gasteiger partial charge in [-0.3, -0.25) is 0 Å². The van der Waals surface area contributed by atoms with Gasteiger partial charge >= 0.3 is 6.09 Å². The molecule has 2 atom stereocenters. The lowest BCUT2D eigenvalue weighted by molar-refractivity contribution is 0.00360. The number of phenols is 1. The lowest BCUT2D eigenvalue weighted by Crippen LogP contribution is -2.44.